The molecular weight excluding hydrogens is 249 g/mol. The van der Waals surface area contributed by atoms with Crippen molar-refractivity contribution in [3.63, 3.8) is 0 Å². The molecule has 1 aromatic rings. The van der Waals surface area contributed by atoms with Gasteiger partial charge in [-0.1, -0.05) is 12.1 Å². The van der Waals surface area contributed by atoms with E-state index in [1.807, 2.05) is 0 Å². The molecule has 1 aliphatic heterocycles. The van der Waals surface area contributed by atoms with Gasteiger partial charge < -0.3 is 9.47 Å². The number of carbonyl (C=O) groups is 1. The van der Waals surface area contributed by atoms with Gasteiger partial charge in [-0.3, -0.25) is 0 Å². The van der Waals surface area contributed by atoms with Gasteiger partial charge in [0, 0.05) is 0 Å². The average molecular weight is 260 g/mol. The molecule has 0 aromatic heterocycles. The monoisotopic (exact) mass is 260 g/mol. The Hall–Kier alpha value is -1.56. The first-order valence-corrected chi connectivity index (χ1v) is 5.42. The quantitative estimate of drug-likeness (QED) is 0.619. The average Bonchev–Trinajstić information content (AvgIpc) is 3.08. The number of esters is 1. The first-order valence-electron chi connectivity index (χ1n) is 5.42. The van der Waals surface area contributed by atoms with Gasteiger partial charge in [0.2, 0.25) is 0 Å². The van der Waals surface area contributed by atoms with Crippen molar-refractivity contribution in [1.29, 1.82) is 0 Å². The van der Waals surface area contributed by atoms with Crippen molar-refractivity contribution >= 4 is 5.97 Å². The van der Waals surface area contributed by atoms with Crippen LogP contribution in [0.3, 0.4) is 0 Å². The summed E-state index contributed by atoms with van der Waals surface area (Å²) in [4.78, 5) is 11.3. The fourth-order valence-corrected chi connectivity index (χ4v) is 1.63. The van der Waals surface area contributed by atoms with Gasteiger partial charge in [0.15, 0.2) is 6.10 Å². The maximum atomic E-state index is 12.3. The van der Waals surface area contributed by atoms with Gasteiger partial charge in [0.05, 0.1) is 12.2 Å². The third-order valence-corrected chi connectivity index (χ3v) is 2.58. The molecule has 2 rings (SSSR count). The molecule has 0 bridgehead atoms. The fourth-order valence-electron chi connectivity index (χ4n) is 1.63. The summed E-state index contributed by atoms with van der Waals surface area (Å²) in [5.41, 5.74) is -0.180. The van der Waals surface area contributed by atoms with Crippen molar-refractivity contribution in [2.24, 2.45) is 0 Å². The predicted molar refractivity (Wildman–Crippen MR) is 55.7 cm³/mol. The number of hydrogen-bond acceptors (Lipinski definition) is 3. The van der Waals surface area contributed by atoms with Gasteiger partial charge in [-0.2, -0.15) is 13.2 Å². The highest BCUT2D eigenvalue weighted by atomic mass is 19.4. The second-order valence-electron chi connectivity index (χ2n) is 3.85. The lowest BCUT2D eigenvalue weighted by molar-refractivity contribution is -0.144. The van der Waals surface area contributed by atoms with Crippen LogP contribution >= 0.6 is 0 Å². The Morgan fingerprint density at radius 1 is 1.33 bits per heavy atom. The molecule has 1 aromatic carbocycles. The summed E-state index contributed by atoms with van der Waals surface area (Å²) in [6.07, 6.45) is -5.54. The van der Waals surface area contributed by atoms with Crippen LogP contribution in [0.1, 0.15) is 24.2 Å². The van der Waals surface area contributed by atoms with Crippen molar-refractivity contribution < 1.29 is 27.4 Å². The molecule has 1 fully saturated rings. The second-order valence-corrected chi connectivity index (χ2v) is 3.85. The van der Waals surface area contributed by atoms with E-state index in [0.29, 0.717) is 5.56 Å². The fraction of sp³-hybridized carbons (Fsp3) is 0.417. The highest BCUT2D eigenvalue weighted by molar-refractivity contribution is 5.78. The topological polar surface area (TPSA) is 38.8 Å². The van der Waals surface area contributed by atoms with E-state index in [-0.39, 0.29) is 6.61 Å². The van der Waals surface area contributed by atoms with Crippen LogP contribution in [0.5, 0.6) is 0 Å². The first kappa shape index (κ1) is 12.9. The minimum absolute atomic E-state index is 0.248. The zero-order valence-electron chi connectivity index (χ0n) is 9.53. The first-order chi connectivity index (χ1) is 8.43. The molecule has 6 heteroatoms. The van der Waals surface area contributed by atoms with Crippen LogP contribution in [0, 0.1) is 0 Å². The molecule has 0 aliphatic carbocycles. The van der Waals surface area contributed by atoms with Crippen LogP contribution in [0.4, 0.5) is 13.2 Å². The van der Waals surface area contributed by atoms with E-state index in [2.05, 4.69) is 0 Å². The van der Waals surface area contributed by atoms with Crippen LogP contribution in [-0.2, 0) is 20.4 Å². The number of rotatable bonds is 3. The minimum atomic E-state index is -4.36. The van der Waals surface area contributed by atoms with E-state index >= 15 is 0 Å². The molecule has 1 heterocycles. The number of hydrogen-bond donors (Lipinski definition) is 0. The number of benzene rings is 1. The van der Waals surface area contributed by atoms with Gasteiger partial charge in [-0.15, -0.1) is 0 Å². The highest BCUT2D eigenvalue weighted by Gasteiger charge is 2.47. The second kappa shape index (κ2) is 4.61. The van der Waals surface area contributed by atoms with Crippen LogP contribution in [0.2, 0.25) is 0 Å². The van der Waals surface area contributed by atoms with Crippen molar-refractivity contribution in [3.8, 4) is 0 Å². The third-order valence-electron chi connectivity index (χ3n) is 2.58. The summed E-state index contributed by atoms with van der Waals surface area (Å²) in [6.45, 7) is 1.92. The summed E-state index contributed by atoms with van der Waals surface area (Å²) in [6, 6.07) is 4.57. The van der Waals surface area contributed by atoms with Gasteiger partial charge >= 0.3 is 12.1 Å². The van der Waals surface area contributed by atoms with Crippen LogP contribution < -0.4 is 0 Å². The largest absolute Gasteiger partial charge is 0.464 e. The van der Waals surface area contributed by atoms with E-state index in [1.165, 1.54) is 12.1 Å². The molecule has 18 heavy (non-hydrogen) atoms. The maximum Gasteiger partial charge on any atom is 0.416 e. The number of epoxide rings is 1. The van der Waals surface area contributed by atoms with Crippen molar-refractivity contribution in [2.75, 3.05) is 6.61 Å². The minimum Gasteiger partial charge on any atom is -0.464 e. The van der Waals surface area contributed by atoms with E-state index in [1.54, 1.807) is 6.92 Å². The standard InChI is InChI=1S/C12H11F3O3/c1-2-17-11(16)10-9(18-10)7-3-5-8(6-4-7)12(13,14)15/h3-6,9-10H,2H2,1H3/t9-,10+/m1/s1. The Kier molecular flexibility index (Phi) is 3.30. The van der Waals surface area contributed by atoms with Gasteiger partial charge in [0.25, 0.3) is 0 Å². The molecule has 2 atom stereocenters. The molecule has 0 amide bonds. The molecule has 1 aliphatic rings. The molecular formula is C12H11F3O3. The Bertz CT molecular complexity index is 439. The number of carbonyl (C=O) groups excluding carboxylic acids is 1. The number of alkyl halides is 3. The smallest absolute Gasteiger partial charge is 0.416 e. The molecule has 0 saturated carbocycles. The molecule has 0 unspecified atom stereocenters. The van der Waals surface area contributed by atoms with Crippen LogP contribution in [0.25, 0.3) is 0 Å². The van der Waals surface area contributed by atoms with Gasteiger partial charge in [-0.05, 0) is 24.6 Å². The normalized spacial score (nSPS) is 22.7. The summed E-state index contributed by atoms with van der Waals surface area (Å²) in [5.74, 6) is -0.484. The molecule has 98 valence electrons. The molecule has 3 nitrogen and oxygen atoms in total. The Morgan fingerprint density at radius 2 is 1.94 bits per heavy atom. The van der Waals surface area contributed by atoms with Crippen molar-refractivity contribution in [3.05, 3.63) is 35.4 Å². The van der Waals surface area contributed by atoms with E-state index in [0.717, 1.165) is 12.1 Å². The lowest BCUT2D eigenvalue weighted by atomic mass is 10.1. The SMILES string of the molecule is CCOC(=O)[C@H]1O[C@@H]1c1ccc(C(F)(F)F)cc1. The van der Waals surface area contributed by atoms with E-state index < -0.39 is 29.9 Å². The van der Waals surface area contributed by atoms with Crippen LogP contribution in [-0.4, -0.2) is 18.7 Å². The number of ether oxygens (including phenoxy) is 2. The molecule has 1 saturated heterocycles. The zero-order chi connectivity index (χ0) is 13.3. The molecule has 0 N–H and O–H groups in total. The molecule has 0 spiro atoms. The van der Waals surface area contributed by atoms with Crippen molar-refractivity contribution in [1.82, 2.24) is 0 Å². The Balaban J connectivity index is 2.03. The Morgan fingerprint density at radius 3 is 2.44 bits per heavy atom. The Labute approximate surface area is 102 Å². The zero-order valence-corrected chi connectivity index (χ0v) is 9.53. The lowest BCUT2D eigenvalue weighted by Crippen LogP contribution is -2.12. The number of halogens is 3. The summed E-state index contributed by atoms with van der Waals surface area (Å²) >= 11 is 0. The van der Waals surface area contributed by atoms with Crippen molar-refractivity contribution in [2.45, 2.75) is 25.3 Å². The van der Waals surface area contributed by atoms with E-state index in [4.69, 9.17) is 9.47 Å². The summed E-state index contributed by atoms with van der Waals surface area (Å²) in [7, 11) is 0. The van der Waals surface area contributed by atoms with Gasteiger partial charge in [-0.25, -0.2) is 4.79 Å². The third kappa shape index (κ3) is 2.64. The lowest BCUT2D eigenvalue weighted by Gasteiger charge is -2.06. The predicted octanol–water partition coefficient (Wildman–Crippen LogP) is 2.71. The molecule has 0 radical (unpaired) electrons. The summed E-state index contributed by atoms with van der Waals surface area (Å²) in [5, 5.41) is 0. The maximum absolute atomic E-state index is 12.3. The van der Waals surface area contributed by atoms with E-state index in [9.17, 15) is 18.0 Å². The summed E-state index contributed by atoms with van der Waals surface area (Å²) < 4.78 is 46.8. The van der Waals surface area contributed by atoms with Gasteiger partial charge in [0.1, 0.15) is 6.10 Å². The highest BCUT2D eigenvalue weighted by Crippen LogP contribution is 2.40. The van der Waals surface area contributed by atoms with Crippen LogP contribution in [0.15, 0.2) is 24.3 Å².